The Balaban J connectivity index is 1.49. The highest BCUT2D eigenvalue weighted by atomic mass is 19.1. The first-order chi connectivity index (χ1) is 13.0. The molecule has 1 N–H and O–H groups in total. The molecule has 1 atom stereocenters. The minimum Gasteiger partial charge on any atom is -0.355 e. The van der Waals surface area contributed by atoms with Crippen LogP contribution >= 0.6 is 0 Å². The predicted octanol–water partition coefficient (Wildman–Crippen LogP) is 3.15. The van der Waals surface area contributed by atoms with Crippen LogP contribution in [0.3, 0.4) is 0 Å². The third kappa shape index (κ3) is 5.39. The molecule has 1 aliphatic rings. The first kappa shape index (κ1) is 19.5. The molecule has 1 saturated heterocycles. The summed E-state index contributed by atoms with van der Waals surface area (Å²) in [4.78, 5) is 14.7. The van der Waals surface area contributed by atoms with Crippen molar-refractivity contribution in [3.8, 4) is 11.3 Å². The number of amides is 1. The van der Waals surface area contributed by atoms with Gasteiger partial charge in [0, 0.05) is 44.4 Å². The first-order valence-electron chi connectivity index (χ1n) is 9.82. The molecule has 1 fully saturated rings. The second-order valence-electron chi connectivity index (χ2n) is 7.41. The number of carbonyl (C=O) groups excluding carboxylic acids is 1. The van der Waals surface area contributed by atoms with Gasteiger partial charge in [0.1, 0.15) is 5.82 Å². The van der Waals surface area contributed by atoms with Gasteiger partial charge in [-0.3, -0.25) is 14.4 Å². The number of aryl methyl sites for hydroxylation is 2. The van der Waals surface area contributed by atoms with Crippen molar-refractivity contribution in [3.63, 3.8) is 0 Å². The Hall–Kier alpha value is -2.21. The van der Waals surface area contributed by atoms with Crippen molar-refractivity contribution in [2.45, 2.75) is 45.1 Å². The molecule has 0 radical (unpaired) electrons. The number of rotatable bonds is 7. The molecule has 3 rings (SSSR count). The van der Waals surface area contributed by atoms with Crippen molar-refractivity contribution < 1.29 is 9.18 Å². The largest absolute Gasteiger partial charge is 0.355 e. The van der Waals surface area contributed by atoms with E-state index in [9.17, 15) is 9.18 Å². The Labute approximate surface area is 160 Å². The molecule has 1 aromatic carbocycles. The van der Waals surface area contributed by atoms with Gasteiger partial charge in [0.05, 0.1) is 5.69 Å². The van der Waals surface area contributed by atoms with E-state index in [-0.39, 0.29) is 11.7 Å². The maximum absolute atomic E-state index is 13.2. The van der Waals surface area contributed by atoms with Crippen LogP contribution in [0.5, 0.6) is 0 Å². The SMILES string of the molecule is C[C@@H]1CCCCN1CCNC(=O)CCc1cn(C)nc1-c1ccc(F)cc1. The lowest BCUT2D eigenvalue weighted by molar-refractivity contribution is -0.121. The number of hydrogen-bond donors (Lipinski definition) is 1. The van der Waals surface area contributed by atoms with Gasteiger partial charge >= 0.3 is 0 Å². The maximum atomic E-state index is 13.2. The fraction of sp³-hybridized carbons (Fsp3) is 0.524. The van der Waals surface area contributed by atoms with E-state index < -0.39 is 0 Å². The zero-order valence-electron chi connectivity index (χ0n) is 16.2. The number of hydrogen-bond acceptors (Lipinski definition) is 3. The summed E-state index contributed by atoms with van der Waals surface area (Å²) in [6.07, 6.45) is 6.79. The van der Waals surface area contributed by atoms with E-state index in [1.165, 1.54) is 31.4 Å². The van der Waals surface area contributed by atoms with E-state index in [1.54, 1.807) is 16.8 Å². The summed E-state index contributed by atoms with van der Waals surface area (Å²) >= 11 is 0. The van der Waals surface area contributed by atoms with Crippen molar-refractivity contribution in [2.75, 3.05) is 19.6 Å². The molecular formula is C21H29FN4O. The van der Waals surface area contributed by atoms with E-state index in [1.807, 2.05) is 13.2 Å². The van der Waals surface area contributed by atoms with Crippen LogP contribution in [0.4, 0.5) is 4.39 Å². The van der Waals surface area contributed by atoms with Crippen molar-refractivity contribution in [2.24, 2.45) is 7.05 Å². The van der Waals surface area contributed by atoms with Crippen LogP contribution in [0, 0.1) is 5.82 Å². The van der Waals surface area contributed by atoms with Gasteiger partial charge in [-0.05, 0) is 62.6 Å². The number of aromatic nitrogens is 2. The van der Waals surface area contributed by atoms with Crippen LogP contribution in [-0.2, 0) is 18.3 Å². The Bertz CT molecular complexity index is 756. The second kappa shape index (κ2) is 9.13. The van der Waals surface area contributed by atoms with Crippen LogP contribution in [0.1, 0.15) is 38.2 Å². The van der Waals surface area contributed by atoms with Gasteiger partial charge in [-0.1, -0.05) is 6.42 Å². The highest BCUT2D eigenvalue weighted by molar-refractivity contribution is 5.76. The predicted molar refractivity (Wildman–Crippen MR) is 105 cm³/mol. The highest BCUT2D eigenvalue weighted by Crippen LogP contribution is 2.23. The number of nitrogens with zero attached hydrogens (tertiary/aromatic N) is 3. The van der Waals surface area contributed by atoms with Gasteiger partial charge in [0.15, 0.2) is 0 Å². The molecule has 0 saturated carbocycles. The molecule has 5 nitrogen and oxygen atoms in total. The third-order valence-corrected chi connectivity index (χ3v) is 5.31. The summed E-state index contributed by atoms with van der Waals surface area (Å²) < 4.78 is 14.9. The molecule has 1 aliphatic heterocycles. The number of likely N-dealkylation sites (tertiary alicyclic amines) is 1. The van der Waals surface area contributed by atoms with Gasteiger partial charge in [0.2, 0.25) is 5.91 Å². The smallest absolute Gasteiger partial charge is 0.220 e. The normalized spacial score (nSPS) is 17.8. The topological polar surface area (TPSA) is 50.2 Å². The molecule has 1 aromatic heterocycles. The average Bonchev–Trinajstić information content (AvgIpc) is 3.03. The molecule has 2 heterocycles. The molecule has 2 aromatic rings. The maximum Gasteiger partial charge on any atom is 0.220 e. The summed E-state index contributed by atoms with van der Waals surface area (Å²) in [5.41, 5.74) is 2.68. The van der Waals surface area contributed by atoms with E-state index in [0.717, 1.165) is 29.9 Å². The molecule has 1 amide bonds. The monoisotopic (exact) mass is 372 g/mol. The summed E-state index contributed by atoms with van der Waals surface area (Å²) in [5, 5.41) is 7.51. The van der Waals surface area contributed by atoms with Gasteiger partial charge in [-0.25, -0.2) is 4.39 Å². The number of benzene rings is 1. The second-order valence-corrected chi connectivity index (χ2v) is 7.41. The quantitative estimate of drug-likeness (QED) is 0.812. The fourth-order valence-corrected chi connectivity index (χ4v) is 3.74. The average molecular weight is 372 g/mol. The lowest BCUT2D eigenvalue weighted by Gasteiger charge is -2.33. The van der Waals surface area contributed by atoms with Crippen molar-refractivity contribution in [3.05, 3.63) is 41.8 Å². The number of halogens is 1. The molecule has 146 valence electrons. The summed E-state index contributed by atoms with van der Waals surface area (Å²) in [5.74, 6) is -0.202. The zero-order chi connectivity index (χ0) is 19.2. The van der Waals surface area contributed by atoms with Crippen molar-refractivity contribution >= 4 is 5.91 Å². The number of nitrogens with one attached hydrogen (secondary N) is 1. The third-order valence-electron chi connectivity index (χ3n) is 5.31. The number of carbonyl (C=O) groups is 1. The Morgan fingerprint density at radius 2 is 2.07 bits per heavy atom. The lowest BCUT2D eigenvalue weighted by Crippen LogP contribution is -2.42. The fourth-order valence-electron chi connectivity index (χ4n) is 3.74. The molecule has 0 unspecified atom stereocenters. The van der Waals surface area contributed by atoms with Crippen LogP contribution in [0.25, 0.3) is 11.3 Å². The Kier molecular flexibility index (Phi) is 6.61. The van der Waals surface area contributed by atoms with E-state index >= 15 is 0 Å². The van der Waals surface area contributed by atoms with Crippen LogP contribution in [0.2, 0.25) is 0 Å². The van der Waals surface area contributed by atoms with Gasteiger partial charge in [0.25, 0.3) is 0 Å². The van der Waals surface area contributed by atoms with Crippen LogP contribution < -0.4 is 5.32 Å². The minimum atomic E-state index is -0.265. The molecule has 0 aliphatic carbocycles. The van der Waals surface area contributed by atoms with Gasteiger partial charge in [-0.15, -0.1) is 0 Å². The van der Waals surface area contributed by atoms with Gasteiger partial charge in [-0.2, -0.15) is 5.10 Å². The molecule has 6 heteroatoms. The highest BCUT2D eigenvalue weighted by Gasteiger charge is 2.18. The Morgan fingerprint density at radius 3 is 2.81 bits per heavy atom. The Morgan fingerprint density at radius 1 is 1.30 bits per heavy atom. The summed E-state index contributed by atoms with van der Waals surface area (Å²) in [6.45, 7) is 5.01. The number of piperidine rings is 1. The van der Waals surface area contributed by atoms with Crippen molar-refractivity contribution in [1.29, 1.82) is 0 Å². The van der Waals surface area contributed by atoms with Crippen LogP contribution in [0.15, 0.2) is 30.5 Å². The molecule has 27 heavy (non-hydrogen) atoms. The minimum absolute atomic E-state index is 0.0635. The zero-order valence-corrected chi connectivity index (χ0v) is 16.2. The first-order valence-corrected chi connectivity index (χ1v) is 9.82. The molecule has 0 bridgehead atoms. The van der Waals surface area contributed by atoms with Gasteiger partial charge < -0.3 is 5.32 Å². The lowest BCUT2D eigenvalue weighted by atomic mass is 10.0. The summed E-state index contributed by atoms with van der Waals surface area (Å²) in [6, 6.07) is 6.93. The summed E-state index contributed by atoms with van der Waals surface area (Å²) in [7, 11) is 1.86. The molecule has 0 spiro atoms. The van der Waals surface area contributed by atoms with E-state index in [2.05, 4.69) is 22.2 Å². The van der Waals surface area contributed by atoms with E-state index in [4.69, 9.17) is 0 Å². The standard InChI is InChI=1S/C21H29FN4O/c1-16-5-3-4-13-26(16)14-12-23-20(27)11-8-18-15-25(2)24-21(18)17-6-9-19(22)10-7-17/h6-7,9-10,15-16H,3-5,8,11-14H2,1-2H3,(H,23,27)/t16-/m1/s1. The van der Waals surface area contributed by atoms with Crippen LogP contribution in [-0.4, -0.2) is 46.3 Å². The van der Waals surface area contributed by atoms with E-state index in [0.29, 0.717) is 25.4 Å². The molecular weight excluding hydrogens is 343 g/mol. The van der Waals surface area contributed by atoms with Crippen molar-refractivity contribution in [1.82, 2.24) is 20.0 Å².